The van der Waals surface area contributed by atoms with Crippen LogP contribution in [0.3, 0.4) is 0 Å². The molecule has 0 aromatic heterocycles. The molecule has 0 saturated carbocycles. The van der Waals surface area contributed by atoms with E-state index >= 15 is 0 Å². The van der Waals surface area contributed by atoms with Gasteiger partial charge in [0.1, 0.15) is 0 Å². The fourth-order valence-corrected chi connectivity index (χ4v) is 0. The summed E-state index contributed by atoms with van der Waals surface area (Å²) in [5.41, 5.74) is 0. The summed E-state index contributed by atoms with van der Waals surface area (Å²) in [6.07, 6.45) is 0.382. The van der Waals surface area contributed by atoms with Gasteiger partial charge in [0, 0.05) is 12.8 Å². The van der Waals surface area contributed by atoms with Crippen molar-refractivity contribution in [2.24, 2.45) is 0 Å². The van der Waals surface area contributed by atoms with Gasteiger partial charge in [-0.1, -0.05) is 6.92 Å². The summed E-state index contributed by atoms with van der Waals surface area (Å²) in [4.78, 5) is 8.38. The molecule has 0 bridgehead atoms. The number of rotatable bonds is 1. The van der Waals surface area contributed by atoms with E-state index in [2.05, 4.69) is 0 Å². The minimum atomic E-state index is -2.65. The monoisotopic (exact) mass is 248 g/mol. The molecule has 0 fully saturated rings. The second-order valence-electron chi connectivity index (χ2n) is 1.37. The molecular formula is C3H11BaO2P. The van der Waals surface area contributed by atoms with Gasteiger partial charge in [0.2, 0.25) is 0 Å². The van der Waals surface area contributed by atoms with Crippen molar-refractivity contribution in [3.8, 4) is 0 Å². The number of hydrogen-bond donors (Lipinski definition) is 1. The third kappa shape index (κ3) is 11.4. The summed E-state index contributed by atoms with van der Waals surface area (Å²) in [5.74, 6) is 0. The second-order valence-corrected chi connectivity index (χ2v) is 4.10. The van der Waals surface area contributed by atoms with Gasteiger partial charge in [0.15, 0.2) is 7.37 Å². The second kappa shape index (κ2) is 4.62. The molecule has 0 saturated heterocycles. The summed E-state index contributed by atoms with van der Waals surface area (Å²) in [5, 5.41) is 0. The maximum atomic E-state index is 10.1. The minimum absolute atomic E-state index is 0. The summed E-state index contributed by atoms with van der Waals surface area (Å²) in [7, 11) is -2.65. The Morgan fingerprint density at radius 1 is 1.71 bits per heavy atom. The third-order valence-electron chi connectivity index (χ3n) is 0.587. The maximum absolute atomic E-state index is 10.1. The molecule has 4 heteroatoms. The van der Waals surface area contributed by atoms with Crippen LogP contribution in [0.4, 0.5) is 0 Å². The average Bonchev–Trinajstić information content (AvgIpc) is 1.35. The van der Waals surface area contributed by atoms with Crippen molar-refractivity contribution >= 4 is 56.2 Å². The molecule has 0 aromatic carbocycles. The Morgan fingerprint density at radius 3 is 1.86 bits per heavy atom. The molecular weight excluding hydrogens is 236 g/mol. The van der Waals surface area contributed by atoms with Crippen molar-refractivity contribution in [2.45, 2.75) is 6.92 Å². The average molecular weight is 247 g/mol. The first-order valence-electron chi connectivity index (χ1n) is 1.85. The summed E-state index contributed by atoms with van der Waals surface area (Å²) >= 11 is 0. The van der Waals surface area contributed by atoms with E-state index in [0.29, 0.717) is 6.16 Å². The first-order valence-corrected chi connectivity index (χ1v) is 4.15. The molecule has 1 N–H and O–H groups in total. The standard InChI is InChI=1S/C3H9O2P.Ba.2H/c1-3-6(2,4)5;;;/h3H2,1-2H3,(H,4,5);;;. The molecule has 0 aliphatic heterocycles. The van der Waals surface area contributed by atoms with Gasteiger partial charge in [-0.05, 0) is 0 Å². The molecule has 7 heavy (non-hydrogen) atoms. The van der Waals surface area contributed by atoms with Crippen molar-refractivity contribution in [1.29, 1.82) is 0 Å². The van der Waals surface area contributed by atoms with Crippen molar-refractivity contribution in [1.82, 2.24) is 0 Å². The van der Waals surface area contributed by atoms with Gasteiger partial charge in [-0.2, -0.15) is 0 Å². The van der Waals surface area contributed by atoms with Gasteiger partial charge in [-0.3, -0.25) is 4.57 Å². The molecule has 2 nitrogen and oxygen atoms in total. The topological polar surface area (TPSA) is 37.3 Å². The molecule has 0 aromatic rings. The summed E-state index contributed by atoms with van der Waals surface area (Å²) < 4.78 is 10.1. The fraction of sp³-hybridized carbons (Fsp3) is 1.00. The van der Waals surface area contributed by atoms with E-state index in [1.165, 1.54) is 6.66 Å². The van der Waals surface area contributed by atoms with E-state index < -0.39 is 7.37 Å². The van der Waals surface area contributed by atoms with Crippen LogP contribution >= 0.6 is 7.37 Å². The van der Waals surface area contributed by atoms with E-state index in [1.54, 1.807) is 6.92 Å². The van der Waals surface area contributed by atoms with Crippen LogP contribution in [0.1, 0.15) is 6.92 Å². The predicted molar refractivity (Wildman–Crippen MR) is 34.8 cm³/mol. The molecule has 1 unspecified atom stereocenters. The van der Waals surface area contributed by atoms with E-state index in [9.17, 15) is 4.57 Å². The van der Waals surface area contributed by atoms with Crippen molar-refractivity contribution < 1.29 is 9.46 Å². The Labute approximate surface area is 84.2 Å². The molecule has 1 atom stereocenters. The van der Waals surface area contributed by atoms with Gasteiger partial charge in [-0.15, -0.1) is 0 Å². The molecule has 0 radical (unpaired) electrons. The van der Waals surface area contributed by atoms with Gasteiger partial charge >= 0.3 is 48.9 Å². The van der Waals surface area contributed by atoms with Gasteiger partial charge < -0.3 is 4.89 Å². The zero-order valence-electron chi connectivity index (χ0n) is 4.01. The molecule has 42 valence electrons. The zero-order valence-corrected chi connectivity index (χ0v) is 4.90. The Kier molecular flexibility index (Phi) is 7.62. The quantitative estimate of drug-likeness (QED) is 0.523. The fourth-order valence-electron chi connectivity index (χ4n) is 0. The third-order valence-corrected chi connectivity index (χ3v) is 1.76. The first-order chi connectivity index (χ1) is 2.56. The van der Waals surface area contributed by atoms with Crippen LogP contribution in [0.5, 0.6) is 0 Å². The molecule has 0 heterocycles. The SMILES string of the molecule is CCP(C)(=O)O.[BaH2]. The van der Waals surface area contributed by atoms with Crippen LogP contribution in [-0.2, 0) is 4.57 Å². The van der Waals surface area contributed by atoms with Crippen LogP contribution in [0.15, 0.2) is 0 Å². The zero-order chi connectivity index (χ0) is 5.21. The molecule has 0 rings (SSSR count). The molecule has 0 aliphatic carbocycles. The van der Waals surface area contributed by atoms with Crippen LogP contribution < -0.4 is 0 Å². The first kappa shape index (κ1) is 11.5. The van der Waals surface area contributed by atoms with Gasteiger partial charge in [0.25, 0.3) is 0 Å². The van der Waals surface area contributed by atoms with Crippen LogP contribution in [0.25, 0.3) is 0 Å². The Balaban J connectivity index is 0. The molecule has 0 aliphatic rings. The normalized spacial score (nSPS) is 17.0. The Bertz CT molecular complexity index is 77.0. The van der Waals surface area contributed by atoms with E-state index in [0.717, 1.165) is 0 Å². The van der Waals surface area contributed by atoms with E-state index in [-0.39, 0.29) is 48.9 Å². The van der Waals surface area contributed by atoms with Gasteiger partial charge in [-0.25, -0.2) is 0 Å². The van der Waals surface area contributed by atoms with E-state index in [1.807, 2.05) is 0 Å². The van der Waals surface area contributed by atoms with E-state index in [4.69, 9.17) is 4.89 Å². The molecule has 0 amide bonds. The van der Waals surface area contributed by atoms with Crippen LogP contribution in [-0.4, -0.2) is 66.6 Å². The van der Waals surface area contributed by atoms with Crippen molar-refractivity contribution in [3.63, 3.8) is 0 Å². The Morgan fingerprint density at radius 2 is 1.86 bits per heavy atom. The van der Waals surface area contributed by atoms with Crippen LogP contribution in [0.2, 0.25) is 0 Å². The van der Waals surface area contributed by atoms with Crippen LogP contribution in [0, 0.1) is 0 Å². The predicted octanol–water partition coefficient (Wildman–Crippen LogP) is -0.00970. The Hall–Kier alpha value is 1.76. The summed E-state index contributed by atoms with van der Waals surface area (Å²) in [6, 6.07) is 0. The van der Waals surface area contributed by atoms with Crippen molar-refractivity contribution in [2.75, 3.05) is 12.8 Å². The summed E-state index contributed by atoms with van der Waals surface area (Å²) in [6.45, 7) is 3.05. The van der Waals surface area contributed by atoms with Gasteiger partial charge in [0.05, 0.1) is 0 Å². The number of hydrogen-bond acceptors (Lipinski definition) is 1. The van der Waals surface area contributed by atoms with Crippen molar-refractivity contribution in [3.05, 3.63) is 0 Å². The molecule has 0 spiro atoms.